The van der Waals surface area contributed by atoms with E-state index in [2.05, 4.69) is 29.1 Å². The molecule has 1 unspecified atom stereocenters. The number of nitrogens with one attached hydrogen (secondary N) is 1. The van der Waals surface area contributed by atoms with Gasteiger partial charge >= 0.3 is 0 Å². The van der Waals surface area contributed by atoms with Crippen LogP contribution in [0.3, 0.4) is 0 Å². The van der Waals surface area contributed by atoms with Crippen molar-refractivity contribution in [1.29, 1.82) is 0 Å². The summed E-state index contributed by atoms with van der Waals surface area (Å²) in [6, 6.07) is 2.15. The molecule has 4 nitrogen and oxygen atoms in total. The molecule has 0 aromatic carbocycles. The van der Waals surface area contributed by atoms with E-state index in [9.17, 15) is 0 Å². The Labute approximate surface area is 122 Å². The Kier molecular flexibility index (Phi) is 4.96. The molecule has 0 aliphatic carbocycles. The van der Waals surface area contributed by atoms with Gasteiger partial charge in [0.2, 0.25) is 5.28 Å². The summed E-state index contributed by atoms with van der Waals surface area (Å²) in [5.74, 6) is 1.23. The molecule has 2 aromatic rings. The van der Waals surface area contributed by atoms with E-state index in [1.165, 1.54) is 0 Å². The van der Waals surface area contributed by atoms with Gasteiger partial charge in [-0.3, -0.25) is 0 Å². The third-order valence-corrected chi connectivity index (χ3v) is 3.98. The molecule has 19 heavy (non-hydrogen) atoms. The van der Waals surface area contributed by atoms with Crippen molar-refractivity contribution < 1.29 is 4.74 Å². The zero-order chi connectivity index (χ0) is 13.8. The molecule has 0 aliphatic rings. The lowest BCUT2D eigenvalue weighted by Gasteiger charge is -2.22. The highest BCUT2D eigenvalue weighted by atomic mass is 35.5. The van der Waals surface area contributed by atoms with Crippen molar-refractivity contribution >= 4 is 39.0 Å². The highest BCUT2D eigenvalue weighted by molar-refractivity contribution is 7.17. The van der Waals surface area contributed by atoms with Gasteiger partial charge in [-0.1, -0.05) is 13.8 Å². The second-order valence-corrected chi connectivity index (χ2v) is 5.88. The quantitative estimate of drug-likeness (QED) is 0.824. The monoisotopic (exact) mass is 299 g/mol. The fourth-order valence-corrected chi connectivity index (χ4v) is 2.71. The van der Waals surface area contributed by atoms with E-state index in [0.29, 0.717) is 19.1 Å². The molecule has 0 aliphatic heterocycles. The summed E-state index contributed by atoms with van der Waals surface area (Å²) in [6.45, 7) is 7.68. The van der Waals surface area contributed by atoms with Gasteiger partial charge in [-0.15, -0.1) is 11.3 Å². The van der Waals surface area contributed by atoms with Crippen molar-refractivity contribution in [3.8, 4) is 0 Å². The van der Waals surface area contributed by atoms with Crippen molar-refractivity contribution in [3.63, 3.8) is 0 Å². The lowest BCUT2D eigenvalue weighted by molar-refractivity contribution is 0.126. The molecule has 2 rings (SSSR count). The van der Waals surface area contributed by atoms with Crippen molar-refractivity contribution in [1.82, 2.24) is 9.97 Å². The maximum Gasteiger partial charge on any atom is 0.224 e. The standard InChI is InChI=1S/C13H18ClN3OS/c1-4-18-7-10(8(2)3)15-12-11-9(5-6-19-11)16-13(14)17-12/h5-6,8,10H,4,7H2,1-3H3,(H,15,16,17). The first kappa shape index (κ1) is 14.5. The molecule has 0 bridgehead atoms. The topological polar surface area (TPSA) is 47.0 Å². The minimum Gasteiger partial charge on any atom is -0.380 e. The van der Waals surface area contributed by atoms with Gasteiger partial charge in [-0.05, 0) is 35.9 Å². The van der Waals surface area contributed by atoms with Crippen LogP contribution in [0.2, 0.25) is 5.28 Å². The molecular weight excluding hydrogens is 282 g/mol. The van der Waals surface area contributed by atoms with Crippen LogP contribution >= 0.6 is 22.9 Å². The van der Waals surface area contributed by atoms with Gasteiger partial charge in [0.25, 0.3) is 0 Å². The number of hydrogen-bond acceptors (Lipinski definition) is 5. The predicted molar refractivity (Wildman–Crippen MR) is 81.2 cm³/mol. The van der Waals surface area contributed by atoms with Crippen LogP contribution in [0.5, 0.6) is 0 Å². The largest absolute Gasteiger partial charge is 0.380 e. The Morgan fingerprint density at radius 1 is 1.42 bits per heavy atom. The Bertz CT molecular complexity index is 544. The second-order valence-electron chi connectivity index (χ2n) is 4.63. The number of anilines is 1. The van der Waals surface area contributed by atoms with Gasteiger partial charge in [0, 0.05) is 6.61 Å². The summed E-state index contributed by atoms with van der Waals surface area (Å²) in [7, 11) is 0. The molecule has 2 aromatic heterocycles. The van der Waals surface area contributed by atoms with Gasteiger partial charge in [0.15, 0.2) is 0 Å². The van der Waals surface area contributed by atoms with Crippen molar-refractivity contribution in [2.75, 3.05) is 18.5 Å². The molecule has 0 saturated carbocycles. The summed E-state index contributed by atoms with van der Waals surface area (Å²) in [6.07, 6.45) is 0. The molecule has 1 N–H and O–H groups in total. The first-order chi connectivity index (χ1) is 9.11. The lowest BCUT2D eigenvalue weighted by Crippen LogP contribution is -2.31. The number of nitrogens with zero attached hydrogens (tertiary/aromatic N) is 2. The number of thiophene rings is 1. The van der Waals surface area contributed by atoms with E-state index in [0.717, 1.165) is 16.0 Å². The molecular formula is C13H18ClN3OS. The van der Waals surface area contributed by atoms with Crippen LogP contribution in [0.25, 0.3) is 10.2 Å². The molecule has 104 valence electrons. The van der Waals surface area contributed by atoms with Gasteiger partial charge in [-0.25, -0.2) is 4.98 Å². The lowest BCUT2D eigenvalue weighted by atomic mass is 10.1. The minimum absolute atomic E-state index is 0.205. The summed E-state index contributed by atoms with van der Waals surface area (Å²) >= 11 is 7.57. The molecule has 0 amide bonds. The van der Waals surface area contributed by atoms with Crippen LogP contribution in [-0.2, 0) is 4.74 Å². The number of ether oxygens (including phenoxy) is 1. The van der Waals surface area contributed by atoms with Crippen molar-refractivity contribution in [2.45, 2.75) is 26.8 Å². The molecule has 0 saturated heterocycles. The molecule has 6 heteroatoms. The average Bonchev–Trinajstić information content (AvgIpc) is 2.81. The van der Waals surface area contributed by atoms with E-state index >= 15 is 0 Å². The van der Waals surface area contributed by atoms with E-state index in [4.69, 9.17) is 16.3 Å². The average molecular weight is 300 g/mol. The van der Waals surface area contributed by atoms with Crippen LogP contribution in [0, 0.1) is 5.92 Å². The fourth-order valence-electron chi connectivity index (χ4n) is 1.75. The number of halogens is 1. The van der Waals surface area contributed by atoms with Crippen molar-refractivity contribution in [3.05, 3.63) is 16.7 Å². The third kappa shape index (κ3) is 3.55. The summed E-state index contributed by atoms with van der Waals surface area (Å²) < 4.78 is 6.55. The van der Waals surface area contributed by atoms with Gasteiger partial charge in [0.1, 0.15) is 5.82 Å². The Morgan fingerprint density at radius 3 is 2.89 bits per heavy atom. The first-order valence-corrected chi connectivity index (χ1v) is 7.62. The summed E-state index contributed by atoms with van der Waals surface area (Å²) in [5.41, 5.74) is 0.881. The molecule has 1 atom stereocenters. The van der Waals surface area contributed by atoms with E-state index in [1.54, 1.807) is 11.3 Å². The number of hydrogen-bond donors (Lipinski definition) is 1. The van der Waals surface area contributed by atoms with Crippen LogP contribution in [-0.4, -0.2) is 29.2 Å². The zero-order valence-electron chi connectivity index (χ0n) is 11.3. The summed E-state index contributed by atoms with van der Waals surface area (Å²) in [4.78, 5) is 8.51. The number of fused-ring (bicyclic) bond motifs is 1. The predicted octanol–water partition coefficient (Wildman–Crippen LogP) is 3.82. The van der Waals surface area contributed by atoms with E-state index in [1.807, 2.05) is 18.4 Å². The zero-order valence-corrected chi connectivity index (χ0v) is 12.9. The Morgan fingerprint density at radius 2 is 2.21 bits per heavy atom. The minimum atomic E-state index is 0.205. The fraction of sp³-hybridized carbons (Fsp3) is 0.538. The molecule has 0 radical (unpaired) electrons. The van der Waals surface area contributed by atoms with Crippen LogP contribution in [0.4, 0.5) is 5.82 Å². The van der Waals surface area contributed by atoms with Crippen LogP contribution in [0.1, 0.15) is 20.8 Å². The van der Waals surface area contributed by atoms with Gasteiger partial charge in [0.05, 0.1) is 22.9 Å². The number of rotatable bonds is 6. The van der Waals surface area contributed by atoms with Gasteiger partial charge < -0.3 is 10.1 Å². The molecule has 0 spiro atoms. The SMILES string of the molecule is CCOCC(Nc1nc(Cl)nc2ccsc12)C(C)C. The molecule has 2 heterocycles. The number of aromatic nitrogens is 2. The maximum absolute atomic E-state index is 5.96. The summed E-state index contributed by atoms with van der Waals surface area (Å²) in [5, 5.41) is 5.70. The van der Waals surface area contributed by atoms with E-state index in [-0.39, 0.29) is 11.3 Å². The van der Waals surface area contributed by atoms with Crippen LogP contribution in [0.15, 0.2) is 11.4 Å². The van der Waals surface area contributed by atoms with Gasteiger partial charge in [-0.2, -0.15) is 4.98 Å². The maximum atomic E-state index is 5.96. The first-order valence-electron chi connectivity index (χ1n) is 6.36. The Balaban J connectivity index is 2.25. The molecule has 0 fully saturated rings. The normalized spacial score (nSPS) is 13.1. The van der Waals surface area contributed by atoms with Crippen molar-refractivity contribution in [2.24, 2.45) is 5.92 Å². The highest BCUT2D eigenvalue weighted by Crippen LogP contribution is 2.28. The second kappa shape index (κ2) is 6.50. The van der Waals surface area contributed by atoms with Crippen LogP contribution < -0.4 is 5.32 Å². The third-order valence-electron chi connectivity index (χ3n) is 2.90. The smallest absolute Gasteiger partial charge is 0.224 e. The van der Waals surface area contributed by atoms with E-state index < -0.39 is 0 Å². The highest BCUT2D eigenvalue weighted by Gasteiger charge is 2.16. The Hall–Kier alpha value is -0.910.